The lowest BCUT2D eigenvalue weighted by Crippen LogP contribution is -2.37. The highest BCUT2D eigenvalue weighted by molar-refractivity contribution is 6.88. The summed E-state index contributed by atoms with van der Waals surface area (Å²) in [5, 5.41) is 4.21. The number of nitrogens with one attached hydrogen (secondary N) is 2. The van der Waals surface area contributed by atoms with Crippen molar-refractivity contribution in [1.82, 2.24) is 10.3 Å². The van der Waals surface area contributed by atoms with Crippen molar-refractivity contribution >= 4 is 25.0 Å². The summed E-state index contributed by atoms with van der Waals surface area (Å²) in [5.74, 6) is 0.271. The number of aromatic nitrogens is 1. The first-order valence-electron chi connectivity index (χ1n) is 10.9. The first-order chi connectivity index (χ1) is 15.7. The highest BCUT2D eigenvalue weighted by Crippen LogP contribution is 2.20. The second-order valence-electron chi connectivity index (χ2n) is 9.10. The second-order valence-corrected chi connectivity index (χ2v) is 14.2. The SMILES string of the molecule is COc1ccc([C@@H](NC(=O)Cc2ccc(=O)[nH]c2)C(=O)Cc2ccc([Si](C)(C)C)cc2)cc1. The van der Waals surface area contributed by atoms with Crippen LogP contribution in [-0.2, 0) is 22.4 Å². The molecule has 0 aliphatic heterocycles. The van der Waals surface area contributed by atoms with E-state index in [9.17, 15) is 14.4 Å². The summed E-state index contributed by atoms with van der Waals surface area (Å²) in [4.78, 5) is 39.9. The molecule has 0 spiro atoms. The predicted octanol–water partition coefficient (Wildman–Crippen LogP) is 3.14. The van der Waals surface area contributed by atoms with Crippen LogP contribution in [0.15, 0.2) is 71.7 Å². The highest BCUT2D eigenvalue weighted by atomic mass is 28.3. The predicted molar refractivity (Wildman–Crippen MR) is 133 cm³/mol. The Morgan fingerprint density at radius 1 is 0.909 bits per heavy atom. The van der Waals surface area contributed by atoms with Crippen LogP contribution in [0, 0.1) is 0 Å². The van der Waals surface area contributed by atoms with E-state index in [1.165, 1.54) is 17.4 Å². The maximum Gasteiger partial charge on any atom is 0.247 e. The van der Waals surface area contributed by atoms with Crippen LogP contribution in [0.25, 0.3) is 0 Å². The van der Waals surface area contributed by atoms with Crippen molar-refractivity contribution in [3.63, 3.8) is 0 Å². The van der Waals surface area contributed by atoms with Crippen LogP contribution >= 0.6 is 0 Å². The number of amides is 1. The Morgan fingerprint density at radius 3 is 2.09 bits per heavy atom. The van der Waals surface area contributed by atoms with Gasteiger partial charge in [0.25, 0.3) is 0 Å². The summed E-state index contributed by atoms with van der Waals surface area (Å²) in [6.07, 6.45) is 1.77. The van der Waals surface area contributed by atoms with E-state index >= 15 is 0 Å². The Bertz CT molecular complexity index is 1140. The molecular formula is C26H30N2O4Si. The molecule has 172 valence electrons. The molecule has 0 unspecified atom stereocenters. The lowest BCUT2D eigenvalue weighted by molar-refractivity contribution is -0.127. The van der Waals surface area contributed by atoms with Gasteiger partial charge in [0.2, 0.25) is 11.5 Å². The van der Waals surface area contributed by atoms with Gasteiger partial charge in [-0.05, 0) is 28.8 Å². The van der Waals surface area contributed by atoms with Gasteiger partial charge in [0, 0.05) is 18.7 Å². The monoisotopic (exact) mass is 462 g/mol. The number of methoxy groups -OCH3 is 1. The van der Waals surface area contributed by atoms with Gasteiger partial charge in [-0.1, -0.05) is 67.3 Å². The number of aromatic amines is 1. The molecule has 0 saturated heterocycles. The number of Topliss-reactive ketones (excluding diaryl/α,β-unsaturated/α-hetero) is 1. The maximum absolute atomic E-state index is 13.3. The summed E-state index contributed by atoms with van der Waals surface area (Å²) in [6.45, 7) is 6.85. The Kier molecular flexibility index (Phi) is 7.66. The van der Waals surface area contributed by atoms with Crippen LogP contribution in [0.5, 0.6) is 5.75 Å². The number of ether oxygens (including phenoxy) is 1. The minimum Gasteiger partial charge on any atom is -0.497 e. The van der Waals surface area contributed by atoms with E-state index in [2.05, 4.69) is 42.1 Å². The number of carbonyl (C=O) groups is 2. The van der Waals surface area contributed by atoms with Crippen molar-refractivity contribution in [3.8, 4) is 5.75 Å². The first kappa shape index (κ1) is 24.2. The van der Waals surface area contributed by atoms with E-state index in [1.54, 1.807) is 37.4 Å². The fraction of sp³-hybridized carbons (Fsp3) is 0.269. The van der Waals surface area contributed by atoms with Crippen molar-refractivity contribution in [2.75, 3.05) is 7.11 Å². The zero-order valence-corrected chi connectivity index (χ0v) is 20.5. The van der Waals surface area contributed by atoms with E-state index in [0.29, 0.717) is 16.9 Å². The molecule has 1 heterocycles. The van der Waals surface area contributed by atoms with Crippen LogP contribution in [0.4, 0.5) is 0 Å². The molecule has 6 nitrogen and oxygen atoms in total. The van der Waals surface area contributed by atoms with E-state index in [0.717, 1.165) is 5.56 Å². The van der Waals surface area contributed by atoms with Crippen molar-refractivity contribution in [3.05, 3.63) is 93.9 Å². The molecule has 0 aliphatic carbocycles. The normalized spacial score (nSPS) is 12.1. The number of H-pyrrole nitrogens is 1. The Morgan fingerprint density at radius 2 is 1.55 bits per heavy atom. The summed E-state index contributed by atoms with van der Waals surface area (Å²) in [6, 6.07) is 17.5. The third kappa shape index (κ3) is 6.76. The Labute approximate surface area is 195 Å². The van der Waals surface area contributed by atoms with Crippen molar-refractivity contribution in [2.45, 2.75) is 38.5 Å². The molecule has 33 heavy (non-hydrogen) atoms. The van der Waals surface area contributed by atoms with Crippen LogP contribution < -0.4 is 20.8 Å². The van der Waals surface area contributed by atoms with Gasteiger partial charge in [-0.2, -0.15) is 0 Å². The molecule has 1 atom stereocenters. The average Bonchev–Trinajstić information content (AvgIpc) is 2.79. The molecular weight excluding hydrogens is 432 g/mol. The van der Waals surface area contributed by atoms with Crippen molar-refractivity contribution < 1.29 is 14.3 Å². The minimum atomic E-state index is -1.42. The smallest absolute Gasteiger partial charge is 0.247 e. The number of rotatable bonds is 9. The molecule has 0 bridgehead atoms. The fourth-order valence-electron chi connectivity index (χ4n) is 3.52. The minimum absolute atomic E-state index is 0.0572. The van der Waals surface area contributed by atoms with Crippen LogP contribution in [0.3, 0.4) is 0 Å². The molecule has 1 aromatic heterocycles. The molecule has 0 aliphatic rings. The van der Waals surface area contributed by atoms with Gasteiger partial charge in [0.15, 0.2) is 5.78 Å². The summed E-state index contributed by atoms with van der Waals surface area (Å²) < 4.78 is 5.22. The van der Waals surface area contributed by atoms with E-state index in [1.807, 2.05) is 12.1 Å². The molecule has 7 heteroatoms. The topological polar surface area (TPSA) is 88.3 Å². The van der Waals surface area contributed by atoms with E-state index in [-0.39, 0.29) is 30.1 Å². The number of ketones is 1. The van der Waals surface area contributed by atoms with Gasteiger partial charge >= 0.3 is 0 Å². The van der Waals surface area contributed by atoms with Crippen LogP contribution in [0.1, 0.15) is 22.7 Å². The van der Waals surface area contributed by atoms with Crippen molar-refractivity contribution in [2.24, 2.45) is 0 Å². The molecule has 0 fully saturated rings. The molecule has 0 saturated carbocycles. The van der Waals surface area contributed by atoms with Gasteiger partial charge in [0.1, 0.15) is 11.8 Å². The van der Waals surface area contributed by atoms with Gasteiger partial charge in [-0.15, -0.1) is 0 Å². The number of pyridine rings is 1. The van der Waals surface area contributed by atoms with Crippen LogP contribution in [-0.4, -0.2) is 31.9 Å². The largest absolute Gasteiger partial charge is 0.497 e. The zero-order valence-electron chi connectivity index (χ0n) is 19.5. The maximum atomic E-state index is 13.3. The number of carbonyl (C=O) groups excluding carboxylic acids is 2. The molecule has 1 amide bonds. The average molecular weight is 463 g/mol. The zero-order chi connectivity index (χ0) is 24.0. The summed E-state index contributed by atoms with van der Waals surface area (Å²) in [5.41, 5.74) is 2.03. The number of hydrogen-bond acceptors (Lipinski definition) is 4. The van der Waals surface area contributed by atoms with Gasteiger partial charge in [0.05, 0.1) is 21.6 Å². The highest BCUT2D eigenvalue weighted by Gasteiger charge is 2.24. The molecule has 2 N–H and O–H groups in total. The van der Waals surface area contributed by atoms with Gasteiger partial charge in [-0.25, -0.2) is 0 Å². The quantitative estimate of drug-likeness (QED) is 0.478. The number of hydrogen-bond donors (Lipinski definition) is 2. The second kappa shape index (κ2) is 10.4. The Balaban J connectivity index is 1.79. The molecule has 2 aromatic carbocycles. The van der Waals surface area contributed by atoms with E-state index in [4.69, 9.17) is 4.74 Å². The van der Waals surface area contributed by atoms with Crippen molar-refractivity contribution in [1.29, 1.82) is 0 Å². The third-order valence-electron chi connectivity index (χ3n) is 5.49. The number of benzene rings is 2. The van der Waals surface area contributed by atoms with Gasteiger partial charge in [-0.3, -0.25) is 14.4 Å². The first-order valence-corrected chi connectivity index (χ1v) is 14.4. The van der Waals surface area contributed by atoms with E-state index < -0.39 is 14.1 Å². The fourth-order valence-corrected chi connectivity index (χ4v) is 4.69. The van der Waals surface area contributed by atoms with Crippen LogP contribution in [0.2, 0.25) is 19.6 Å². The lowest BCUT2D eigenvalue weighted by Gasteiger charge is -2.20. The standard InChI is InChI=1S/C26H30N2O4Si/c1-32-21-10-8-20(9-11-21)26(28-25(31)16-19-7-14-24(30)27-17-19)23(29)15-18-5-12-22(13-6-18)33(2,3)4/h5-14,17,26H,15-16H2,1-4H3,(H,27,30)(H,28,31)/t26-/m1/s1. The molecule has 3 aromatic rings. The molecule has 3 rings (SSSR count). The Hall–Kier alpha value is -3.45. The summed E-state index contributed by atoms with van der Waals surface area (Å²) in [7, 11) is 0.159. The third-order valence-corrected chi connectivity index (χ3v) is 7.55. The summed E-state index contributed by atoms with van der Waals surface area (Å²) >= 11 is 0. The lowest BCUT2D eigenvalue weighted by atomic mass is 9.97. The van der Waals surface area contributed by atoms with Gasteiger partial charge < -0.3 is 15.0 Å². The molecule has 0 radical (unpaired) electrons.